The van der Waals surface area contributed by atoms with Crippen molar-refractivity contribution in [3.63, 3.8) is 0 Å². The molecule has 2 heterocycles. The van der Waals surface area contributed by atoms with Gasteiger partial charge in [-0.1, -0.05) is 6.07 Å². The number of halogens is 3. The van der Waals surface area contributed by atoms with Crippen molar-refractivity contribution >= 4 is 11.6 Å². The molecule has 28 heavy (non-hydrogen) atoms. The minimum absolute atomic E-state index is 0.107. The molecule has 0 spiro atoms. The van der Waals surface area contributed by atoms with Crippen molar-refractivity contribution in [2.45, 2.75) is 19.7 Å². The molecule has 0 fully saturated rings. The van der Waals surface area contributed by atoms with Gasteiger partial charge >= 0.3 is 12.1 Å². The predicted octanol–water partition coefficient (Wildman–Crippen LogP) is 3.14. The molecule has 146 valence electrons. The van der Waals surface area contributed by atoms with Gasteiger partial charge in [0.15, 0.2) is 6.61 Å². The van der Waals surface area contributed by atoms with Crippen LogP contribution < -0.4 is 10.3 Å². The molecule has 0 aliphatic carbocycles. The first kappa shape index (κ1) is 19.4. The third-order valence-electron chi connectivity index (χ3n) is 3.77. The lowest BCUT2D eigenvalue weighted by molar-refractivity contribution is -0.147. The van der Waals surface area contributed by atoms with Crippen LogP contribution in [0.15, 0.2) is 53.5 Å². The number of hydrogen-bond acceptors (Lipinski definition) is 5. The Kier molecular flexibility index (Phi) is 5.34. The van der Waals surface area contributed by atoms with Crippen molar-refractivity contribution in [2.75, 3.05) is 6.61 Å². The van der Waals surface area contributed by atoms with E-state index in [1.165, 1.54) is 22.6 Å². The van der Waals surface area contributed by atoms with Crippen molar-refractivity contribution in [2.24, 2.45) is 0 Å². The Labute approximate surface area is 157 Å². The first-order valence-corrected chi connectivity index (χ1v) is 8.17. The molecule has 0 saturated carbocycles. The summed E-state index contributed by atoms with van der Waals surface area (Å²) in [5.74, 6) is -0.909. The summed E-state index contributed by atoms with van der Waals surface area (Å²) in [5.41, 5.74) is 0.378. The zero-order valence-corrected chi connectivity index (χ0v) is 14.7. The van der Waals surface area contributed by atoms with E-state index in [1.807, 2.05) is 6.92 Å². The highest BCUT2D eigenvalue weighted by atomic mass is 19.4. The average molecular weight is 392 g/mol. The highest BCUT2D eigenvalue weighted by Gasteiger charge is 2.30. The second kappa shape index (κ2) is 7.71. The van der Waals surface area contributed by atoms with Crippen LogP contribution >= 0.6 is 0 Å². The number of carbonyl (C=O) groups is 1. The Morgan fingerprint density at radius 3 is 2.71 bits per heavy atom. The minimum atomic E-state index is -4.51. The van der Waals surface area contributed by atoms with Gasteiger partial charge < -0.3 is 9.47 Å². The second-order valence-corrected chi connectivity index (χ2v) is 5.99. The summed E-state index contributed by atoms with van der Waals surface area (Å²) in [6, 6.07) is 8.89. The number of pyridine rings is 1. The number of nitrogens with zero attached hydrogens (tertiary/aromatic N) is 2. The van der Waals surface area contributed by atoms with E-state index in [0.717, 1.165) is 17.7 Å². The number of carbonyl (C=O) groups excluding carboxylic acids is 1. The molecule has 3 aromatic rings. The van der Waals surface area contributed by atoms with Crippen LogP contribution in [0.1, 0.15) is 16.8 Å². The Morgan fingerprint density at radius 1 is 1.18 bits per heavy atom. The van der Waals surface area contributed by atoms with Crippen LogP contribution in [0.5, 0.6) is 5.75 Å². The highest BCUT2D eigenvalue weighted by Crippen LogP contribution is 2.31. The monoisotopic (exact) mass is 392 g/mol. The summed E-state index contributed by atoms with van der Waals surface area (Å²) < 4.78 is 49.4. The molecule has 0 atom stereocenters. The molecule has 0 saturated heterocycles. The van der Waals surface area contributed by atoms with E-state index >= 15 is 0 Å². The lowest BCUT2D eigenvalue weighted by Crippen LogP contribution is -2.18. The Balaban J connectivity index is 1.60. The first-order chi connectivity index (χ1) is 13.2. The van der Waals surface area contributed by atoms with Crippen LogP contribution in [-0.2, 0) is 22.3 Å². The molecule has 0 unspecified atom stereocenters. The maximum absolute atomic E-state index is 12.7. The molecule has 0 bridgehead atoms. The van der Waals surface area contributed by atoms with Gasteiger partial charge in [-0.25, -0.2) is 9.78 Å². The molecule has 0 aliphatic heterocycles. The van der Waals surface area contributed by atoms with Crippen molar-refractivity contribution in [3.05, 3.63) is 75.8 Å². The Hall–Kier alpha value is -3.36. The summed E-state index contributed by atoms with van der Waals surface area (Å²) >= 11 is 0. The van der Waals surface area contributed by atoms with E-state index in [4.69, 9.17) is 9.47 Å². The lowest BCUT2D eigenvalue weighted by Gasteiger charge is -2.10. The van der Waals surface area contributed by atoms with Gasteiger partial charge in [0.1, 0.15) is 18.0 Å². The number of aromatic nitrogens is 2. The van der Waals surface area contributed by atoms with Crippen LogP contribution in [0.25, 0.3) is 5.65 Å². The maximum atomic E-state index is 12.7. The lowest BCUT2D eigenvalue weighted by atomic mass is 10.2. The van der Waals surface area contributed by atoms with E-state index in [-0.39, 0.29) is 23.6 Å². The number of alkyl halides is 3. The highest BCUT2D eigenvalue weighted by molar-refractivity contribution is 5.71. The summed E-state index contributed by atoms with van der Waals surface area (Å²) in [5, 5.41) is 0. The van der Waals surface area contributed by atoms with E-state index < -0.39 is 24.3 Å². The molecule has 0 N–H and O–H groups in total. The van der Waals surface area contributed by atoms with E-state index in [2.05, 4.69) is 4.98 Å². The van der Waals surface area contributed by atoms with Gasteiger partial charge in [-0.15, -0.1) is 0 Å². The fourth-order valence-corrected chi connectivity index (χ4v) is 2.43. The van der Waals surface area contributed by atoms with E-state index in [1.54, 1.807) is 18.3 Å². The number of aryl methyl sites for hydroxylation is 1. The normalized spacial score (nSPS) is 11.4. The fraction of sp³-hybridized carbons (Fsp3) is 0.211. The molecule has 0 aliphatic rings. The molecular formula is C19H15F3N2O4. The second-order valence-electron chi connectivity index (χ2n) is 5.99. The Bertz CT molecular complexity index is 1080. The number of hydrogen-bond donors (Lipinski definition) is 0. The zero-order valence-electron chi connectivity index (χ0n) is 14.7. The molecule has 2 aromatic heterocycles. The van der Waals surface area contributed by atoms with Crippen molar-refractivity contribution in [1.29, 1.82) is 0 Å². The number of esters is 1. The standard InChI is InChI=1S/C19H15F3N2O4/c1-12-5-6-24-16(7-12)23-14(9-17(24)25)10-28-18(26)11-27-15-4-2-3-13(8-15)19(20,21)22/h2-9H,10-11H2,1H3. The van der Waals surface area contributed by atoms with Gasteiger partial charge in [-0.05, 0) is 42.8 Å². The van der Waals surface area contributed by atoms with Crippen LogP contribution in [0.2, 0.25) is 0 Å². The zero-order chi connectivity index (χ0) is 20.3. The smallest absolute Gasteiger partial charge is 0.416 e. The SMILES string of the molecule is Cc1ccn2c(=O)cc(COC(=O)COc3cccc(C(F)(F)F)c3)nc2c1. The van der Waals surface area contributed by atoms with Crippen LogP contribution in [0.4, 0.5) is 13.2 Å². The topological polar surface area (TPSA) is 69.9 Å². The van der Waals surface area contributed by atoms with Gasteiger partial charge in [0.2, 0.25) is 0 Å². The van der Waals surface area contributed by atoms with Gasteiger partial charge in [-0.3, -0.25) is 9.20 Å². The van der Waals surface area contributed by atoms with Gasteiger partial charge in [-0.2, -0.15) is 13.2 Å². The summed E-state index contributed by atoms with van der Waals surface area (Å²) in [4.78, 5) is 28.1. The third kappa shape index (κ3) is 4.67. The van der Waals surface area contributed by atoms with E-state index in [0.29, 0.717) is 5.65 Å². The molecule has 6 nitrogen and oxygen atoms in total. The van der Waals surface area contributed by atoms with Crippen LogP contribution in [0, 0.1) is 6.92 Å². The minimum Gasteiger partial charge on any atom is -0.482 e. The van der Waals surface area contributed by atoms with Crippen LogP contribution in [0.3, 0.4) is 0 Å². The van der Waals surface area contributed by atoms with Crippen LogP contribution in [-0.4, -0.2) is 22.0 Å². The van der Waals surface area contributed by atoms with E-state index in [9.17, 15) is 22.8 Å². The number of rotatable bonds is 5. The number of benzene rings is 1. The summed E-state index contributed by atoms with van der Waals surface area (Å²) in [6.45, 7) is 1.02. The van der Waals surface area contributed by atoms with Crippen molar-refractivity contribution in [3.8, 4) is 5.75 Å². The van der Waals surface area contributed by atoms with Crippen molar-refractivity contribution < 1.29 is 27.4 Å². The molecule has 9 heteroatoms. The summed E-state index contributed by atoms with van der Waals surface area (Å²) in [6.07, 6.45) is -2.91. The predicted molar refractivity (Wildman–Crippen MR) is 92.9 cm³/mol. The quantitative estimate of drug-likeness (QED) is 0.624. The fourth-order valence-electron chi connectivity index (χ4n) is 2.43. The largest absolute Gasteiger partial charge is 0.482 e. The van der Waals surface area contributed by atoms with Gasteiger partial charge in [0.25, 0.3) is 5.56 Å². The Morgan fingerprint density at radius 2 is 1.96 bits per heavy atom. The van der Waals surface area contributed by atoms with Crippen molar-refractivity contribution in [1.82, 2.24) is 9.38 Å². The maximum Gasteiger partial charge on any atom is 0.416 e. The molecule has 0 amide bonds. The molecule has 0 radical (unpaired) electrons. The van der Waals surface area contributed by atoms with Gasteiger partial charge in [0.05, 0.1) is 11.3 Å². The summed E-state index contributed by atoms with van der Waals surface area (Å²) in [7, 11) is 0. The number of ether oxygens (including phenoxy) is 2. The molecule has 3 rings (SSSR count). The molecule has 1 aromatic carbocycles. The average Bonchev–Trinajstić information content (AvgIpc) is 2.64. The number of fused-ring (bicyclic) bond motifs is 1. The van der Waals surface area contributed by atoms with Gasteiger partial charge in [0, 0.05) is 12.3 Å². The third-order valence-corrected chi connectivity index (χ3v) is 3.77. The first-order valence-electron chi connectivity index (χ1n) is 8.17. The molecular weight excluding hydrogens is 377 g/mol.